The molecule has 0 saturated carbocycles. The topological polar surface area (TPSA) is 126 Å². The first-order valence-corrected chi connectivity index (χ1v) is 11.1. The second-order valence-electron chi connectivity index (χ2n) is 7.18. The maximum Gasteiger partial charge on any atom is 0.300 e. The van der Waals surface area contributed by atoms with Crippen LogP contribution in [0.5, 0.6) is 0 Å². The lowest BCUT2D eigenvalue weighted by Crippen LogP contribution is -2.27. The molecule has 180 valence electrons. The Hall–Kier alpha value is -3.71. The maximum absolute atomic E-state index is 15.0. The Morgan fingerprint density at radius 3 is 2.35 bits per heavy atom. The summed E-state index contributed by atoms with van der Waals surface area (Å²) in [5, 5.41) is 2.34. The van der Waals surface area contributed by atoms with Crippen LogP contribution in [0.2, 0.25) is 0 Å². The highest BCUT2D eigenvalue weighted by Crippen LogP contribution is 2.31. The molecular weight excluding hydrogens is 478 g/mol. The fraction of sp³-hybridized carbons (Fsp3) is 0.143. The number of carbonyl (C=O) groups excluding carboxylic acids is 1. The molecule has 3 aromatic rings. The second kappa shape index (κ2) is 9.65. The number of pyridine rings is 1. The van der Waals surface area contributed by atoms with Crippen molar-refractivity contribution in [3.63, 3.8) is 0 Å². The number of nitrogens with two attached hydrogens (primary N) is 1. The molecule has 2 aromatic carbocycles. The molecule has 34 heavy (non-hydrogen) atoms. The number of nitrogens with one attached hydrogen (secondary N) is 3. The van der Waals surface area contributed by atoms with Crippen LogP contribution in [-0.2, 0) is 16.6 Å². The van der Waals surface area contributed by atoms with Gasteiger partial charge < -0.3 is 11.1 Å². The molecule has 1 amide bonds. The number of rotatable bonds is 8. The quantitative estimate of drug-likeness (QED) is 0.356. The molecule has 1 heterocycles. The normalized spacial score (nSPS) is 11.4. The summed E-state index contributed by atoms with van der Waals surface area (Å²) in [5.41, 5.74) is 3.79. The van der Waals surface area contributed by atoms with Gasteiger partial charge in [0, 0.05) is 19.7 Å². The van der Waals surface area contributed by atoms with Gasteiger partial charge in [-0.2, -0.15) is 8.42 Å². The van der Waals surface area contributed by atoms with Crippen molar-refractivity contribution in [3.05, 3.63) is 82.1 Å². The summed E-state index contributed by atoms with van der Waals surface area (Å²) in [6.07, 6.45) is 0.482. The summed E-state index contributed by atoms with van der Waals surface area (Å²) >= 11 is 0. The molecule has 13 heteroatoms. The number of benzene rings is 2. The Balaban J connectivity index is 2.04. The zero-order valence-electron chi connectivity index (χ0n) is 17.8. The van der Waals surface area contributed by atoms with Crippen molar-refractivity contribution >= 4 is 33.3 Å². The van der Waals surface area contributed by atoms with E-state index in [1.807, 2.05) is 9.44 Å². The highest BCUT2D eigenvalue weighted by Gasteiger charge is 2.24. The van der Waals surface area contributed by atoms with Gasteiger partial charge in [-0.05, 0) is 47.9 Å². The number of aryl methyl sites for hydroxylation is 1. The van der Waals surface area contributed by atoms with Gasteiger partial charge in [-0.3, -0.25) is 9.52 Å². The van der Waals surface area contributed by atoms with Crippen molar-refractivity contribution in [2.24, 2.45) is 5.73 Å². The summed E-state index contributed by atoms with van der Waals surface area (Å²) < 4.78 is 85.8. The number of hydrogen-bond donors (Lipinski definition) is 4. The van der Waals surface area contributed by atoms with E-state index in [9.17, 15) is 30.8 Å². The molecule has 0 saturated heterocycles. The van der Waals surface area contributed by atoms with Crippen LogP contribution in [0.15, 0.2) is 36.5 Å². The van der Waals surface area contributed by atoms with E-state index in [4.69, 9.17) is 5.73 Å². The molecule has 0 aliphatic heterocycles. The predicted octanol–water partition coefficient (Wildman–Crippen LogP) is 3.26. The average Bonchev–Trinajstić information content (AvgIpc) is 2.77. The first-order chi connectivity index (χ1) is 15.9. The van der Waals surface area contributed by atoms with Gasteiger partial charge in [0.05, 0.1) is 16.9 Å². The Morgan fingerprint density at radius 2 is 1.74 bits per heavy atom. The van der Waals surface area contributed by atoms with E-state index >= 15 is 0 Å². The summed E-state index contributed by atoms with van der Waals surface area (Å²) in [5.74, 6) is -6.69. The van der Waals surface area contributed by atoms with Crippen molar-refractivity contribution in [3.8, 4) is 0 Å². The summed E-state index contributed by atoms with van der Waals surface area (Å²) in [7, 11) is -3.01. The molecular formula is C21H19F4N5O3S. The number of hydrogen-bond acceptors (Lipinski definition) is 5. The van der Waals surface area contributed by atoms with Gasteiger partial charge >= 0.3 is 0 Å². The summed E-state index contributed by atoms with van der Waals surface area (Å²) in [6, 6.07) is 5.99. The highest BCUT2D eigenvalue weighted by molar-refractivity contribution is 7.90. The van der Waals surface area contributed by atoms with Crippen LogP contribution < -0.4 is 20.5 Å². The lowest BCUT2D eigenvalue weighted by Gasteiger charge is -2.16. The van der Waals surface area contributed by atoms with Crippen molar-refractivity contribution in [1.82, 2.24) is 9.71 Å². The lowest BCUT2D eigenvalue weighted by molar-refractivity contribution is 0.100. The number of amides is 1. The van der Waals surface area contributed by atoms with E-state index < -0.39 is 68.4 Å². The molecule has 0 spiro atoms. The van der Waals surface area contributed by atoms with E-state index in [-0.39, 0.29) is 11.3 Å². The van der Waals surface area contributed by atoms with E-state index in [1.165, 1.54) is 12.1 Å². The Morgan fingerprint density at radius 1 is 1.03 bits per heavy atom. The van der Waals surface area contributed by atoms with Crippen molar-refractivity contribution in [2.45, 2.75) is 13.3 Å². The van der Waals surface area contributed by atoms with E-state index in [1.54, 1.807) is 6.92 Å². The number of carbonyl (C=O) groups is 1. The molecule has 0 atom stereocenters. The number of aromatic nitrogens is 1. The fourth-order valence-corrected chi connectivity index (χ4v) is 3.55. The number of halogens is 4. The van der Waals surface area contributed by atoms with E-state index in [2.05, 4.69) is 10.3 Å². The minimum Gasteiger partial charge on any atom is -0.366 e. The van der Waals surface area contributed by atoms with Crippen LogP contribution in [0.3, 0.4) is 0 Å². The second-order valence-corrected chi connectivity index (χ2v) is 8.80. The fourth-order valence-electron chi connectivity index (χ4n) is 3.05. The summed E-state index contributed by atoms with van der Waals surface area (Å²) in [6.45, 7) is 1.63. The van der Waals surface area contributed by atoms with Crippen LogP contribution in [0, 0.1) is 30.2 Å². The monoisotopic (exact) mass is 497 g/mol. The third-order valence-corrected chi connectivity index (χ3v) is 5.78. The van der Waals surface area contributed by atoms with Crippen molar-refractivity contribution in [1.29, 1.82) is 0 Å². The zero-order chi connectivity index (χ0) is 25.2. The van der Waals surface area contributed by atoms with Gasteiger partial charge in [-0.1, -0.05) is 6.07 Å². The van der Waals surface area contributed by atoms with Gasteiger partial charge in [-0.25, -0.2) is 27.3 Å². The van der Waals surface area contributed by atoms with E-state index in [0.29, 0.717) is 5.56 Å². The first-order valence-electron chi connectivity index (χ1n) is 9.62. The average molecular weight is 497 g/mol. The third kappa shape index (κ3) is 5.26. The van der Waals surface area contributed by atoms with Crippen molar-refractivity contribution in [2.75, 3.05) is 17.1 Å². The van der Waals surface area contributed by atoms with Gasteiger partial charge in [0.1, 0.15) is 5.82 Å². The molecule has 5 N–H and O–H groups in total. The maximum atomic E-state index is 15.0. The molecule has 0 radical (unpaired) electrons. The number of primary amides is 1. The van der Waals surface area contributed by atoms with Gasteiger partial charge in [-0.15, -0.1) is 0 Å². The molecule has 0 bridgehead atoms. The minimum atomic E-state index is -4.10. The molecule has 8 nitrogen and oxygen atoms in total. The molecule has 0 unspecified atom stereocenters. The van der Waals surface area contributed by atoms with E-state index in [0.717, 1.165) is 31.4 Å². The Kier molecular flexibility index (Phi) is 7.07. The molecule has 3 rings (SSSR count). The Labute approximate surface area is 192 Å². The predicted molar refractivity (Wildman–Crippen MR) is 118 cm³/mol. The van der Waals surface area contributed by atoms with Crippen LogP contribution in [0.25, 0.3) is 0 Å². The zero-order valence-corrected chi connectivity index (χ0v) is 18.7. The number of anilines is 3. The standard InChI is InChI=1S/C21H19F4N5O3S/c1-10-3-4-15(14(22)7-10)29-19-13(20(26)31)9-12(16(23)18(19)25)8-11-5-6-28-21(17(11)24)30-34(32,33)27-2/h3-7,9,27,29H,8H2,1-2H3,(H2,26,31)(H,28,30). The van der Waals surface area contributed by atoms with Crippen LogP contribution in [0.1, 0.15) is 27.0 Å². The van der Waals surface area contributed by atoms with Gasteiger partial charge in [0.15, 0.2) is 23.3 Å². The minimum absolute atomic E-state index is 0.221. The van der Waals surface area contributed by atoms with Crippen LogP contribution in [-0.4, -0.2) is 26.4 Å². The molecule has 0 aliphatic carbocycles. The van der Waals surface area contributed by atoms with Crippen LogP contribution in [0.4, 0.5) is 34.8 Å². The third-order valence-electron chi connectivity index (χ3n) is 4.78. The lowest BCUT2D eigenvalue weighted by atomic mass is 10.00. The smallest absolute Gasteiger partial charge is 0.300 e. The molecule has 1 aromatic heterocycles. The largest absolute Gasteiger partial charge is 0.366 e. The first kappa shape index (κ1) is 24.9. The Bertz CT molecular complexity index is 1380. The summed E-state index contributed by atoms with van der Waals surface area (Å²) in [4.78, 5) is 15.5. The molecule has 0 aliphatic rings. The van der Waals surface area contributed by atoms with Crippen molar-refractivity contribution < 1.29 is 30.8 Å². The highest BCUT2D eigenvalue weighted by atomic mass is 32.2. The SMILES string of the molecule is CNS(=O)(=O)Nc1nccc(Cc2cc(C(N)=O)c(Nc3ccc(C)cc3F)c(F)c2F)c1F. The van der Waals surface area contributed by atoms with Gasteiger partial charge in [0.25, 0.3) is 16.1 Å². The number of nitrogens with zero attached hydrogens (tertiary/aromatic N) is 1. The van der Waals surface area contributed by atoms with Gasteiger partial charge in [0.2, 0.25) is 0 Å². The van der Waals surface area contributed by atoms with Crippen LogP contribution >= 0.6 is 0 Å². The molecule has 0 fully saturated rings.